The van der Waals surface area contributed by atoms with E-state index in [-0.39, 0.29) is 196 Å². The van der Waals surface area contributed by atoms with Crippen molar-refractivity contribution >= 4 is 15.6 Å². The molecule has 0 atom stereocenters. The van der Waals surface area contributed by atoms with Gasteiger partial charge in [-0.25, -0.2) is 0 Å². The van der Waals surface area contributed by atoms with Crippen molar-refractivity contribution < 1.29 is 234 Å². The Balaban J connectivity index is -0.0000000178. The second kappa shape index (κ2) is 19.5. The van der Waals surface area contributed by atoms with Crippen molar-refractivity contribution in [2.75, 3.05) is 0 Å². The molecule has 64 valence electrons. The molecule has 0 aromatic heterocycles. The van der Waals surface area contributed by atoms with E-state index in [0.29, 0.717) is 0 Å². The maximum absolute atomic E-state index is 8.55. The summed E-state index contributed by atoms with van der Waals surface area (Å²) >= 11 is 0. The van der Waals surface area contributed by atoms with Crippen molar-refractivity contribution in [3.8, 4) is 0 Å². The van der Waals surface area contributed by atoms with Crippen LogP contribution in [0.1, 0.15) is 0 Å². The van der Waals surface area contributed by atoms with Gasteiger partial charge in [-0.05, 0) is 0 Å². The Morgan fingerprint density at radius 1 is 0.571 bits per heavy atom. The van der Waals surface area contributed by atoms with E-state index in [9.17, 15) is 0 Å². The maximum atomic E-state index is 8.55. The first-order valence-electron chi connectivity index (χ1n) is 1.46. The van der Waals surface area contributed by atoms with Gasteiger partial charge in [0.1, 0.15) is 0 Å². The zero-order valence-corrected chi connectivity index (χ0v) is 22.0. The molecule has 0 heterocycles. The zero-order chi connectivity index (χ0) is 9.00. The van der Waals surface area contributed by atoms with Crippen LogP contribution in [0, 0.1) is 41.7 Å². The first kappa shape index (κ1) is 37.1. The largest absolute Gasteiger partial charge is 4.00 e. The van der Waals surface area contributed by atoms with E-state index in [2.05, 4.69) is 0 Å². The van der Waals surface area contributed by atoms with Crippen LogP contribution in [0.15, 0.2) is 0 Å². The Hall–Kier alpha value is 6.51. The second-order valence-electron chi connectivity index (χ2n) is 0.894. The van der Waals surface area contributed by atoms with Crippen LogP contribution in [-0.2, 0) is 9.13 Å². The minimum Gasteiger partial charge on any atom is -0.822 e. The number of hydrogen-bond donors (Lipinski definition) is 0. The average molecular weight is 447 g/mol. The van der Waals surface area contributed by atoms with Crippen LogP contribution >= 0.6 is 15.6 Å². The molecule has 0 aliphatic heterocycles. The molecule has 0 aromatic rings. The smallest absolute Gasteiger partial charge is 0.822 e. The number of hydrogen-bond acceptors (Lipinski definition) is 8. The zero-order valence-electron chi connectivity index (χ0n) is 7.66. The molecule has 0 aliphatic carbocycles. The summed E-state index contributed by atoms with van der Waals surface area (Å²) in [5.74, 6) is 0. The van der Waals surface area contributed by atoms with Gasteiger partial charge in [0, 0.05) is 0 Å². The van der Waals surface area contributed by atoms with Gasteiger partial charge in [-0.15, -0.1) is 0 Å². The Morgan fingerprint density at radius 2 is 0.571 bits per heavy atom. The third-order valence-corrected chi connectivity index (χ3v) is 0. The molecule has 0 saturated carbocycles. The van der Waals surface area contributed by atoms with Gasteiger partial charge in [-0.3, -0.25) is 0 Å². The normalized spacial score (nSPS) is 8.43. The van der Waals surface area contributed by atoms with Crippen LogP contribution < -0.4 is 184 Å². The van der Waals surface area contributed by atoms with Crippen LogP contribution in [0.5, 0.6) is 0 Å². The predicted octanol–water partition coefficient (Wildman–Crippen LogP) is -14.6. The van der Waals surface area contributed by atoms with Gasteiger partial charge in [0.05, 0.1) is 0 Å². The monoisotopic (exact) mass is 447 g/mol. The molecule has 0 aromatic carbocycles. The van der Waals surface area contributed by atoms with Crippen molar-refractivity contribution in [2.24, 2.45) is 0 Å². The third kappa shape index (κ3) is 134. The number of rotatable bonds is 0. The molecule has 8 nitrogen and oxygen atoms in total. The first-order valence-corrected chi connectivity index (χ1v) is 4.38. The molecule has 0 spiro atoms. The topological polar surface area (TPSA) is 172 Å². The van der Waals surface area contributed by atoms with Gasteiger partial charge < -0.3 is 38.5 Å². The van der Waals surface area contributed by atoms with Gasteiger partial charge in [-0.2, -0.15) is 15.6 Å². The van der Waals surface area contributed by atoms with Crippen molar-refractivity contribution in [1.29, 1.82) is 0 Å². The summed E-state index contributed by atoms with van der Waals surface area (Å²) < 4.78 is 17.1. The van der Waals surface area contributed by atoms with Gasteiger partial charge in [0.15, 0.2) is 0 Å². The minimum absolute atomic E-state index is 0. The van der Waals surface area contributed by atoms with Crippen molar-refractivity contribution in [3.05, 3.63) is 0 Å². The Bertz CT molecular complexity index is 135. The summed E-state index contributed by atoms with van der Waals surface area (Å²) in [6.07, 6.45) is 0. The molecule has 14 heteroatoms. The van der Waals surface area contributed by atoms with Crippen molar-refractivity contribution in [2.45, 2.75) is 0 Å². The quantitative estimate of drug-likeness (QED) is 0.260. The molecule has 0 rings (SSSR count). The molecule has 0 fully saturated rings. The molecule has 0 amide bonds. The Morgan fingerprint density at radius 3 is 0.571 bits per heavy atom. The van der Waals surface area contributed by atoms with E-state index >= 15 is 0 Å². The van der Waals surface area contributed by atoms with Gasteiger partial charge >= 0.3 is 196 Å². The molecule has 0 bridgehead atoms. The standard InChI is InChI=1S/Ce.3K.2H3O4P/c;;;;2*1-5(2,3)4/h;;;;2*(H3,1,2,3,4)/q+4;3*+1;;/p-6. The van der Waals surface area contributed by atoms with E-state index in [1.54, 1.807) is 0 Å². The second-order valence-corrected chi connectivity index (χ2v) is 2.68. The average Bonchev–Trinajstić information content (AvgIpc) is 1.12. The first-order chi connectivity index (χ1) is 4.00. The van der Waals surface area contributed by atoms with Crippen LogP contribution in [0.2, 0.25) is 0 Å². The van der Waals surface area contributed by atoms with E-state index in [4.69, 9.17) is 38.5 Å². The Kier molecular flexibility index (Phi) is 51.7. The summed E-state index contributed by atoms with van der Waals surface area (Å²) in [6.45, 7) is 0. The van der Waals surface area contributed by atoms with Crippen LogP contribution in [0.4, 0.5) is 0 Å². The van der Waals surface area contributed by atoms with Crippen LogP contribution in [0.25, 0.3) is 0 Å². The summed E-state index contributed by atoms with van der Waals surface area (Å²) in [7, 11) is -10.8. The van der Waals surface area contributed by atoms with Crippen LogP contribution in [0.3, 0.4) is 0 Å². The van der Waals surface area contributed by atoms with E-state index in [1.807, 2.05) is 0 Å². The fourth-order valence-electron chi connectivity index (χ4n) is 0. The van der Waals surface area contributed by atoms with Crippen molar-refractivity contribution in [1.82, 2.24) is 0 Å². The maximum Gasteiger partial charge on any atom is 4.00 e. The Labute approximate surface area is 242 Å². The van der Waals surface area contributed by atoms with Gasteiger partial charge in [0.2, 0.25) is 0 Å². The van der Waals surface area contributed by atoms with Gasteiger partial charge in [0.25, 0.3) is 0 Å². The van der Waals surface area contributed by atoms with Crippen LogP contribution in [-0.4, -0.2) is 0 Å². The SMILES string of the molecule is O=P([O-])([O-])[O-].O=P([O-])([O-])[O-].[Ce+4].[K+].[K+].[K+]. The predicted molar refractivity (Wildman–Crippen MR) is 15.2 cm³/mol. The molecule has 14 heavy (non-hydrogen) atoms. The van der Waals surface area contributed by atoms with E-state index in [1.165, 1.54) is 0 Å². The molecule has 0 N–H and O–H groups in total. The molecular formula is CeK3O8P2+. The molecule has 0 unspecified atom stereocenters. The van der Waals surface area contributed by atoms with E-state index in [0.717, 1.165) is 0 Å². The summed E-state index contributed by atoms with van der Waals surface area (Å²) in [6, 6.07) is 0. The molecule has 0 aliphatic rings. The van der Waals surface area contributed by atoms with Crippen molar-refractivity contribution in [3.63, 3.8) is 0 Å². The minimum atomic E-state index is -5.39. The summed E-state index contributed by atoms with van der Waals surface area (Å²) in [4.78, 5) is 51.3. The summed E-state index contributed by atoms with van der Waals surface area (Å²) in [5, 5.41) is 0. The molecule has 0 radical (unpaired) electrons. The fraction of sp³-hybridized carbons (Fsp3) is 0. The molecule has 0 saturated heterocycles. The third-order valence-electron chi connectivity index (χ3n) is 0. The van der Waals surface area contributed by atoms with Gasteiger partial charge in [-0.1, -0.05) is 0 Å². The fourth-order valence-corrected chi connectivity index (χ4v) is 0. The molecular weight excluding hydrogens is 447 g/mol. The van der Waals surface area contributed by atoms with E-state index < -0.39 is 15.6 Å². The summed E-state index contributed by atoms with van der Waals surface area (Å²) in [5.41, 5.74) is 0. The number of phosphoric acid groups is 2.